The maximum atomic E-state index is 11.8. The lowest BCUT2D eigenvalue weighted by molar-refractivity contribution is -0.147. The van der Waals surface area contributed by atoms with Crippen molar-refractivity contribution in [2.45, 2.75) is 24.8 Å². The van der Waals surface area contributed by atoms with Crippen LogP contribution >= 0.6 is 11.8 Å². The molecule has 0 aliphatic carbocycles. The monoisotopic (exact) mass is 267 g/mol. The summed E-state index contributed by atoms with van der Waals surface area (Å²) in [5, 5.41) is 0. The summed E-state index contributed by atoms with van der Waals surface area (Å²) in [7, 11) is 1.40. The van der Waals surface area contributed by atoms with E-state index >= 15 is 0 Å². The van der Waals surface area contributed by atoms with Crippen molar-refractivity contribution in [2.75, 3.05) is 13.4 Å². The van der Waals surface area contributed by atoms with Gasteiger partial charge < -0.3 is 10.5 Å². The number of methoxy groups -OCH3 is 1. The van der Waals surface area contributed by atoms with Gasteiger partial charge in [0.05, 0.1) is 13.0 Å². The standard InChI is InChI=1S/C14H21NO2S/c1-9(2)12(14(16)17-3)13(15)10-5-7-11(18-4)8-6-10/h5-9,12-13H,15H2,1-4H3. The van der Waals surface area contributed by atoms with Crippen LogP contribution in [0.1, 0.15) is 25.5 Å². The first-order chi connectivity index (χ1) is 8.51. The summed E-state index contributed by atoms with van der Waals surface area (Å²) >= 11 is 1.68. The Balaban J connectivity index is 2.94. The number of nitrogens with two attached hydrogens (primary N) is 1. The number of carbonyl (C=O) groups excluding carboxylic acids is 1. The quantitative estimate of drug-likeness (QED) is 0.658. The van der Waals surface area contributed by atoms with Gasteiger partial charge in [-0.05, 0) is 29.9 Å². The molecule has 0 aliphatic heterocycles. The SMILES string of the molecule is COC(=O)C(C(C)C)C(N)c1ccc(SC)cc1. The Morgan fingerprint density at radius 2 is 1.83 bits per heavy atom. The molecule has 4 heteroatoms. The molecule has 2 atom stereocenters. The second-order valence-corrected chi connectivity index (χ2v) is 5.47. The van der Waals surface area contributed by atoms with Crippen molar-refractivity contribution in [2.24, 2.45) is 17.6 Å². The van der Waals surface area contributed by atoms with Crippen LogP contribution in [0.25, 0.3) is 0 Å². The van der Waals surface area contributed by atoms with Crippen LogP contribution in [0.3, 0.4) is 0 Å². The van der Waals surface area contributed by atoms with Crippen molar-refractivity contribution >= 4 is 17.7 Å². The van der Waals surface area contributed by atoms with E-state index in [2.05, 4.69) is 0 Å². The molecule has 0 spiro atoms. The van der Waals surface area contributed by atoms with Crippen LogP contribution < -0.4 is 5.73 Å². The highest BCUT2D eigenvalue weighted by molar-refractivity contribution is 7.98. The molecule has 0 aromatic heterocycles. The smallest absolute Gasteiger partial charge is 0.310 e. The van der Waals surface area contributed by atoms with Crippen molar-refractivity contribution in [3.63, 3.8) is 0 Å². The van der Waals surface area contributed by atoms with Gasteiger partial charge in [-0.1, -0.05) is 26.0 Å². The number of thioether (sulfide) groups is 1. The second-order valence-electron chi connectivity index (χ2n) is 4.59. The zero-order valence-corrected chi connectivity index (χ0v) is 12.2. The van der Waals surface area contributed by atoms with Gasteiger partial charge in [0.15, 0.2) is 0 Å². The number of hydrogen-bond acceptors (Lipinski definition) is 4. The number of benzene rings is 1. The van der Waals surface area contributed by atoms with E-state index in [0.29, 0.717) is 0 Å². The van der Waals surface area contributed by atoms with Gasteiger partial charge in [0.25, 0.3) is 0 Å². The van der Waals surface area contributed by atoms with Gasteiger partial charge in [0.2, 0.25) is 0 Å². The van der Waals surface area contributed by atoms with Crippen molar-refractivity contribution in [1.29, 1.82) is 0 Å². The van der Waals surface area contributed by atoms with Gasteiger partial charge in [-0.2, -0.15) is 0 Å². The molecule has 3 nitrogen and oxygen atoms in total. The van der Waals surface area contributed by atoms with Crippen LogP contribution in [0.15, 0.2) is 29.2 Å². The highest BCUT2D eigenvalue weighted by atomic mass is 32.2. The van der Waals surface area contributed by atoms with Gasteiger partial charge in [0.1, 0.15) is 0 Å². The highest BCUT2D eigenvalue weighted by Gasteiger charge is 2.30. The van der Waals surface area contributed by atoms with Crippen LogP contribution in [0, 0.1) is 11.8 Å². The van der Waals surface area contributed by atoms with Crippen LogP contribution in [0.5, 0.6) is 0 Å². The molecule has 18 heavy (non-hydrogen) atoms. The first-order valence-electron chi connectivity index (χ1n) is 5.98. The Hall–Kier alpha value is -1.00. The number of rotatable bonds is 5. The molecular formula is C14H21NO2S. The number of hydrogen-bond donors (Lipinski definition) is 1. The fraction of sp³-hybridized carbons (Fsp3) is 0.500. The maximum absolute atomic E-state index is 11.8. The summed E-state index contributed by atoms with van der Waals surface area (Å²) in [6.45, 7) is 3.97. The number of esters is 1. The molecule has 0 aliphatic rings. The van der Waals surface area contributed by atoms with Crippen molar-refractivity contribution < 1.29 is 9.53 Å². The fourth-order valence-corrected chi connectivity index (χ4v) is 2.41. The predicted molar refractivity (Wildman–Crippen MR) is 75.5 cm³/mol. The zero-order valence-electron chi connectivity index (χ0n) is 11.3. The molecule has 1 aromatic rings. The number of carbonyl (C=O) groups is 1. The van der Waals surface area contributed by atoms with Crippen LogP contribution in [-0.4, -0.2) is 19.3 Å². The third-order valence-electron chi connectivity index (χ3n) is 3.08. The molecule has 100 valence electrons. The second kappa shape index (κ2) is 6.81. The lowest BCUT2D eigenvalue weighted by Crippen LogP contribution is -2.33. The third kappa shape index (κ3) is 3.50. The molecule has 1 aromatic carbocycles. The van der Waals surface area contributed by atoms with Crippen LogP contribution in [0.2, 0.25) is 0 Å². The Kier molecular flexibility index (Phi) is 5.69. The molecule has 1 rings (SSSR count). The van der Waals surface area contributed by atoms with E-state index < -0.39 is 0 Å². The molecule has 0 radical (unpaired) electrons. The molecule has 2 N–H and O–H groups in total. The molecule has 0 saturated heterocycles. The van der Waals surface area contributed by atoms with Gasteiger partial charge >= 0.3 is 5.97 Å². The minimum absolute atomic E-state index is 0.146. The van der Waals surface area contributed by atoms with E-state index in [4.69, 9.17) is 10.5 Å². The van der Waals surface area contributed by atoms with E-state index in [1.807, 2.05) is 44.4 Å². The molecule has 0 amide bonds. The fourth-order valence-electron chi connectivity index (χ4n) is 2.00. The van der Waals surface area contributed by atoms with Crippen molar-refractivity contribution in [1.82, 2.24) is 0 Å². The minimum Gasteiger partial charge on any atom is -0.469 e. The lowest BCUT2D eigenvalue weighted by atomic mass is 9.85. The normalized spacial score (nSPS) is 14.3. The van der Waals surface area contributed by atoms with E-state index in [1.165, 1.54) is 12.0 Å². The van der Waals surface area contributed by atoms with Gasteiger partial charge in [-0.25, -0.2) is 0 Å². The van der Waals surface area contributed by atoms with Crippen LogP contribution in [-0.2, 0) is 9.53 Å². The lowest BCUT2D eigenvalue weighted by Gasteiger charge is -2.25. The van der Waals surface area contributed by atoms with E-state index in [1.54, 1.807) is 11.8 Å². The van der Waals surface area contributed by atoms with Crippen LogP contribution in [0.4, 0.5) is 0 Å². The average molecular weight is 267 g/mol. The third-order valence-corrected chi connectivity index (χ3v) is 3.82. The maximum Gasteiger partial charge on any atom is 0.310 e. The number of ether oxygens (including phenoxy) is 1. The predicted octanol–water partition coefficient (Wildman–Crippen LogP) is 2.85. The zero-order chi connectivity index (χ0) is 13.7. The Labute approximate surface area is 113 Å². The largest absolute Gasteiger partial charge is 0.469 e. The Bertz CT molecular complexity index is 389. The van der Waals surface area contributed by atoms with Crippen molar-refractivity contribution in [3.8, 4) is 0 Å². The molecule has 0 bridgehead atoms. The topological polar surface area (TPSA) is 52.3 Å². The summed E-state index contributed by atoms with van der Waals surface area (Å²) < 4.78 is 4.84. The van der Waals surface area contributed by atoms with Gasteiger partial charge in [0, 0.05) is 10.9 Å². The first kappa shape index (κ1) is 15.1. The summed E-state index contributed by atoms with van der Waals surface area (Å²) in [5.41, 5.74) is 7.17. The summed E-state index contributed by atoms with van der Waals surface area (Å²) in [6, 6.07) is 7.68. The molecule has 0 saturated carbocycles. The Morgan fingerprint density at radius 3 is 2.22 bits per heavy atom. The summed E-state index contributed by atoms with van der Waals surface area (Å²) in [6.07, 6.45) is 2.03. The van der Waals surface area contributed by atoms with Gasteiger partial charge in [-0.15, -0.1) is 11.8 Å². The molecular weight excluding hydrogens is 246 g/mol. The average Bonchev–Trinajstić information content (AvgIpc) is 2.38. The first-order valence-corrected chi connectivity index (χ1v) is 7.21. The Morgan fingerprint density at radius 1 is 1.28 bits per heavy atom. The molecule has 0 fully saturated rings. The van der Waals surface area contributed by atoms with E-state index in [9.17, 15) is 4.79 Å². The van der Waals surface area contributed by atoms with E-state index in [0.717, 1.165) is 5.56 Å². The summed E-state index contributed by atoms with van der Waals surface area (Å²) in [4.78, 5) is 13.0. The molecule has 0 heterocycles. The van der Waals surface area contributed by atoms with Gasteiger partial charge in [-0.3, -0.25) is 4.79 Å². The highest BCUT2D eigenvalue weighted by Crippen LogP contribution is 2.28. The van der Waals surface area contributed by atoms with E-state index in [-0.39, 0.29) is 23.8 Å². The minimum atomic E-state index is -0.326. The summed E-state index contributed by atoms with van der Waals surface area (Å²) in [5.74, 6) is -0.408. The molecule has 2 unspecified atom stereocenters. The van der Waals surface area contributed by atoms with Crippen molar-refractivity contribution in [3.05, 3.63) is 29.8 Å².